The van der Waals surface area contributed by atoms with Crippen LogP contribution in [0.3, 0.4) is 0 Å². The summed E-state index contributed by atoms with van der Waals surface area (Å²) in [6.07, 6.45) is 0.992. The number of anilines is 1. The van der Waals surface area contributed by atoms with E-state index < -0.39 is 0 Å². The smallest absolute Gasteiger partial charge is 0.0410 e. The van der Waals surface area contributed by atoms with Crippen molar-refractivity contribution in [3.8, 4) is 0 Å². The van der Waals surface area contributed by atoms with Crippen molar-refractivity contribution in [2.75, 3.05) is 5.73 Å². The minimum atomic E-state index is 0.616. The third-order valence-electron chi connectivity index (χ3n) is 1.73. The predicted molar refractivity (Wildman–Crippen MR) is 54.4 cm³/mol. The Hall–Kier alpha value is -0.690. The van der Waals surface area contributed by atoms with E-state index in [1.165, 1.54) is 0 Å². The molecule has 0 bridgehead atoms. The van der Waals surface area contributed by atoms with Crippen molar-refractivity contribution in [2.24, 2.45) is 5.92 Å². The molecule has 1 aromatic carbocycles. The fourth-order valence-corrected chi connectivity index (χ4v) is 1.39. The summed E-state index contributed by atoms with van der Waals surface area (Å²) in [5, 5.41) is 0.764. The van der Waals surface area contributed by atoms with Crippen molar-refractivity contribution in [2.45, 2.75) is 20.3 Å². The van der Waals surface area contributed by atoms with Gasteiger partial charge in [-0.2, -0.15) is 0 Å². The number of benzene rings is 1. The van der Waals surface area contributed by atoms with Crippen LogP contribution >= 0.6 is 11.6 Å². The normalized spacial score (nSPS) is 10.7. The third kappa shape index (κ3) is 2.42. The highest BCUT2D eigenvalue weighted by Crippen LogP contribution is 2.20. The Morgan fingerprint density at radius 2 is 2.08 bits per heavy atom. The topological polar surface area (TPSA) is 26.0 Å². The Kier molecular flexibility index (Phi) is 2.99. The molecule has 2 heteroatoms. The van der Waals surface area contributed by atoms with Crippen LogP contribution < -0.4 is 5.73 Å². The average molecular weight is 184 g/mol. The van der Waals surface area contributed by atoms with Gasteiger partial charge in [-0.05, 0) is 36.1 Å². The molecule has 0 aliphatic carbocycles. The van der Waals surface area contributed by atoms with Gasteiger partial charge < -0.3 is 5.73 Å². The molecule has 0 aliphatic heterocycles. The molecule has 1 rings (SSSR count). The summed E-state index contributed by atoms with van der Waals surface area (Å²) in [6, 6.07) is 5.62. The minimum absolute atomic E-state index is 0.616. The van der Waals surface area contributed by atoms with E-state index in [1.807, 2.05) is 18.2 Å². The highest BCUT2D eigenvalue weighted by atomic mass is 35.5. The van der Waals surface area contributed by atoms with Gasteiger partial charge in [0.05, 0.1) is 0 Å². The summed E-state index contributed by atoms with van der Waals surface area (Å²) in [4.78, 5) is 0. The zero-order valence-corrected chi connectivity index (χ0v) is 8.23. The molecule has 0 fully saturated rings. The second-order valence-corrected chi connectivity index (χ2v) is 3.88. The van der Waals surface area contributed by atoms with Crippen LogP contribution in [0.2, 0.25) is 5.02 Å². The molecule has 0 radical (unpaired) electrons. The monoisotopic (exact) mass is 183 g/mol. The molecule has 0 spiro atoms. The molecule has 0 atom stereocenters. The fourth-order valence-electron chi connectivity index (χ4n) is 1.19. The zero-order valence-electron chi connectivity index (χ0n) is 7.47. The van der Waals surface area contributed by atoms with Gasteiger partial charge in [-0.15, -0.1) is 0 Å². The summed E-state index contributed by atoms with van der Waals surface area (Å²) in [5.74, 6) is 0.616. The van der Waals surface area contributed by atoms with Crippen molar-refractivity contribution in [1.82, 2.24) is 0 Å². The summed E-state index contributed by atoms with van der Waals surface area (Å²) in [5.41, 5.74) is 7.77. The Labute approximate surface area is 78.5 Å². The average Bonchev–Trinajstić information content (AvgIpc) is 1.96. The maximum atomic E-state index is 5.84. The Bertz CT molecular complexity index is 269. The van der Waals surface area contributed by atoms with Gasteiger partial charge in [0.2, 0.25) is 0 Å². The quantitative estimate of drug-likeness (QED) is 0.701. The molecular formula is C10H14ClN. The highest BCUT2D eigenvalue weighted by Gasteiger charge is 2.02. The maximum Gasteiger partial charge on any atom is 0.0410 e. The van der Waals surface area contributed by atoms with Gasteiger partial charge in [-0.3, -0.25) is 0 Å². The first-order valence-electron chi connectivity index (χ1n) is 4.13. The molecule has 1 aromatic rings. The van der Waals surface area contributed by atoms with Crippen molar-refractivity contribution in [1.29, 1.82) is 0 Å². The molecule has 0 amide bonds. The maximum absolute atomic E-state index is 5.84. The lowest BCUT2D eigenvalue weighted by molar-refractivity contribution is 0.648. The van der Waals surface area contributed by atoms with Gasteiger partial charge in [-0.25, -0.2) is 0 Å². The lowest BCUT2D eigenvalue weighted by Crippen LogP contribution is -1.99. The molecule has 0 unspecified atom stereocenters. The molecule has 1 nitrogen and oxygen atoms in total. The first-order chi connectivity index (χ1) is 5.59. The molecule has 2 N–H and O–H groups in total. The molecule has 12 heavy (non-hydrogen) atoms. The molecule has 0 saturated heterocycles. The first-order valence-corrected chi connectivity index (χ1v) is 4.51. The van der Waals surface area contributed by atoms with Crippen LogP contribution in [0.15, 0.2) is 18.2 Å². The Morgan fingerprint density at radius 1 is 1.42 bits per heavy atom. The van der Waals surface area contributed by atoms with Gasteiger partial charge >= 0.3 is 0 Å². The van der Waals surface area contributed by atoms with E-state index in [4.69, 9.17) is 17.3 Å². The Balaban J connectivity index is 2.90. The molecule has 0 saturated carbocycles. The van der Waals surface area contributed by atoms with Gasteiger partial charge in [-0.1, -0.05) is 25.4 Å². The van der Waals surface area contributed by atoms with E-state index in [0.29, 0.717) is 5.92 Å². The van der Waals surface area contributed by atoms with E-state index in [-0.39, 0.29) is 0 Å². The number of nitrogens with two attached hydrogens (primary N) is 1. The standard InChI is InChI=1S/C10H14ClN/c1-7(2)5-8-6-9(11)3-4-10(8)12/h3-4,6-7H,5,12H2,1-2H3. The van der Waals surface area contributed by atoms with Crippen molar-refractivity contribution in [3.63, 3.8) is 0 Å². The van der Waals surface area contributed by atoms with Crippen LogP contribution in [-0.4, -0.2) is 0 Å². The second kappa shape index (κ2) is 3.81. The summed E-state index contributed by atoms with van der Waals surface area (Å²) in [6.45, 7) is 4.33. The highest BCUT2D eigenvalue weighted by molar-refractivity contribution is 6.30. The van der Waals surface area contributed by atoms with Crippen LogP contribution in [0.5, 0.6) is 0 Å². The van der Waals surface area contributed by atoms with Crippen LogP contribution in [0.25, 0.3) is 0 Å². The SMILES string of the molecule is CC(C)Cc1cc(Cl)ccc1N. The van der Waals surface area contributed by atoms with E-state index in [1.54, 1.807) is 0 Å². The van der Waals surface area contributed by atoms with Crippen LogP contribution in [0.1, 0.15) is 19.4 Å². The molecule has 66 valence electrons. The Morgan fingerprint density at radius 3 is 2.67 bits per heavy atom. The number of nitrogen functional groups attached to an aromatic ring is 1. The van der Waals surface area contributed by atoms with Gasteiger partial charge in [0, 0.05) is 10.7 Å². The molecule has 0 heterocycles. The lowest BCUT2D eigenvalue weighted by Gasteiger charge is -2.08. The third-order valence-corrected chi connectivity index (χ3v) is 1.97. The van der Waals surface area contributed by atoms with Crippen LogP contribution in [-0.2, 0) is 6.42 Å². The summed E-state index contributed by atoms with van der Waals surface area (Å²) in [7, 11) is 0. The van der Waals surface area contributed by atoms with Crippen molar-refractivity contribution >= 4 is 17.3 Å². The summed E-state index contributed by atoms with van der Waals surface area (Å²) < 4.78 is 0. The van der Waals surface area contributed by atoms with Gasteiger partial charge in [0.15, 0.2) is 0 Å². The number of rotatable bonds is 2. The molecule has 0 aromatic heterocycles. The van der Waals surface area contributed by atoms with E-state index in [0.717, 1.165) is 22.7 Å². The van der Waals surface area contributed by atoms with Crippen molar-refractivity contribution < 1.29 is 0 Å². The minimum Gasteiger partial charge on any atom is -0.399 e. The number of halogens is 1. The zero-order chi connectivity index (χ0) is 9.14. The van der Waals surface area contributed by atoms with Crippen molar-refractivity contribution in [3.05, 3.63) is 28.8 Å². The predicted octanol–water partition coefficient (Wildman–Crippen LogP) is 3.12. The number of hydrogen-bond donors (Lipinski definition) is 1. The fraction of sp³-hybridized carbons (Fsp3) is 0.400. The van der Waals surface area contributed by atoms with E-state index >= 15 is 0 Å². The van der Waals surface area contributed by atoms with Gasteiger partial charge in [0.25, 0.3) is 0 Å². The van der Waals surface area contributed by atoms with E-state index in [2.05, 4.69) is 13.8 Å². The molecular weight excluding hydrogens is 170 g/mol. The second-order valence-electron chi connectivity index (χ2n) is 3.44. The van der Waals surface area contributed by atoms with Crippen LogP contribution in [0.4, 0.5) is 5.69 Å². The molecule has 0 aliphatic rings. The summed E-state index contributed by atoms with van der Waals surface area (Å²) >= 11 is 5.84. The number of hydrogen-bond acceptors (Lipinski definition) is 1. The van der Waals surface area contributed by atoms with Crippen LogP contribution in [0, 0.1) is 5.92 Å². The lowest BCUT2D eigenvalue weighted by atomic mass is 10.0. The largest absolute Gasteiger partial charge is 0.399 e. The first kappa shape index (κ1) is 9.40. The van der Waals surface area contributed by atoms with E-state index in [9.17, 15) is 0 Å². The van der Waals surface area contributed by atoms with Gasteiger partial charge in [0.1, 0.15) is 0 Å².